The zero-order chi connectivity index (χ0) is 12.5. The molecule has 0 saturated carbocycles. The van der Waals surface area contributed by atoms with Gasteiger partial charge in [-0.2, -0.15) is 0 Å². The molecule has 3 rings (SSSR count). The molecule has 1 aromatic heterocycles. The highest BCUT2D eigenvalue weighted by Crippen LogP contribution is 2.30. The molecule has 0 aliphatic carbocycles. The summed E-state index contributed by atoms with van der Waals surface area (Å²) < 4.78 is 0. The Morgan fingerprint density at radius 1 is 1.44 bits per heavy atom. The second-order valence-electron chi connectivity index (χ2n) is 4.58. The number of aromatic nitrogens is 2. The molecule has 1 aliphatic rings. The number of rotatable bonds is 1. The number of imidazole rings is 1. The van der Waals surface area contributed by atoms with Crippen LogP contribution in [-0.2, 0) is 11.2 Å². The Kier molecular flexibility index (Phi) is 2.63. The van der Waals surface area contributed by atoms with Gasteiger partial charge in [0, 0.05) is 19.2 Å². The van der Waals surface area contributed by atoms with Crippen LogP contribution in [0.4, 0.5) is 5.69 Å². The maximum absolute atomic E-state index is 11.6. The van der Waals surface area contributed by atoms with Gasteiger partial charge in [0.15, 0.2) is 0 Å². The Hall–Kier alpha value is -2.10. The third kappa shape index (κ3) is 1.79. The third-order valence-corrected chi connectivity index (χ3v) is 3.39. The van der Waals surface area contributed by atoms with Gasteiger partial charge >= 0.3 is 0 Å². The summed E-state index contributed by atoms with van der Waals surface area (Å²) in [6.45, 7) is 2.45. The fourth-order valence-corrected chi connectivity index (χ4v) is 2.51. The summed E-state index contributed by atoms with van der Waals surface area (Å²) in [5.41, 5.74) is 4.43. The van der Waals surface area contributed by atoms with Crippen molar-refractivity contribution in [2.75, 3.05) is 11.4 Å². The molecule has 0 bridgehead atoms. The lowest BCUT2D eigenvalue weighted by molar-refractivity contribution is -0.116. The number of aryl methyl sites for hydroxylation is 1. The van der Waals surface area contributed by atoms with Gasteiger partial charge in [-0.1, -0.05) is 6.07 Å². The molecule has 1 amide bonds. The molecule has 1 aromatic carbocycles. The fourth-order valence-electron chi connectivity index (χ4n) is 2.51. The van der Waals surface area contributed by atoms with E-state index in [0.717, 1.165) is 36.3 Å². The largest absolute Gasteiger partial charge is 0.345 e. The van der Waals surface area contributed by atoms with Crippen molar-refractivity contribution in [3.05, 3.63) is 36.3 Å². The minimum atomic E-state index is 0.116. The van der Waals surface area contributed by atoms with Gasteiger partial charge in [0.2, 0.25) is 5.91 Å². The second kappa shape index (κ2) is 4.29. The Labute approximate surface area is 106 Å². The van der Waals surface area contributed by atoms with E-state index < -0.39 is 0 Å². The number of hydrogen-bond acceptors (Lipinski definition) is 2. The first-order chi connectivity index (χ1) is 8.75. The molecule has 1 N–H and O–H groups in total. The molecule has 4 nitrogen and oxygen atoms in total. The van der Waals surface area contributed by atoms with Crippen LogP contribution in [0.2, 0.25) is 0 Å². The normalized spacial score (nSPS) is 14.4. The van der Waals surface area contributed by atoms with Gasteiger partial charge in [-0.15, -0.1) is 0 Å². The van der Waals surface area contributed by atoms with Crippen molar-refractivity contribution < 1.29 is 4.79 Å². The zero-order valence-corrected chi connectivity index (χ0v) is 10.3. The topological polar surface area (TPSA) is 49.0 Å². The Bertz CT molecular complexity index is 575. The average Bonchev–Trinajstić information content (AvgIpc) is 2.91. The highest BCUT2D eigenvalue weighted by Gasteiger charge is 2.20. The number of carbonyl (C=O) groups excluding carboxylic acids is 1. The minimum Gasteiger partial charge on any atom is -0.345 e. The monoisotopic (exact) mass is 241 g/mol. The number of nitrogens with one attached hydrogen (secondary N) is 1. The standard InChI is InChI=1S/C14H15N3O/c1-10(18)17-6-2-3-12-7-11(4-5-14(12)17)13-8-15-9-16-13/h4-5,7-9H,2-3,6H2,1H3,(H,15,16). The first-order valence-electron chi connectivity index (χ1n) is 6.15. The van der Waals surface area contributed by atoms with Gasteiger partial charge in [0.25, 0.3) is 0 Å². The first kappa shape index (κ1) is 11.0. The molecule has 0 fully saturated rings. The van der Waals surface area contributed by atoms with Crippen LogP contribution in [0.1, 0.15) is 18.9 Å². The quantitative estimate of drug-likeness (QED) is 0.833. The summed E-state index contributed by atoms with van der Waals surface area (Å²) in [5, 5.41) is 0. The van der Waals surface area contributed by atoms with Crippen LogP contribution in [0.25, 0.3) is 11.3 Å². The average molecular weight is 241 g/mol. The number of H-pyrrole nitrogens is 1. The van der Waals surface area contributed by atoms with E-state index in [9.17, 15) is 4.79 Å². The number of fused-ring (bicyclic) bond motifs is 1. The molecule has 0 unspecified atom stereocenters. The van der Waals surface area contributed by atoms with Gasteiger partial charge in [0.1, 0.15) is 0 Å². The van der Waals surface area contributed by atoms with Crippen molar-refractivity contribution in [3.8, 4) is 11.3 Å². The molecule has 18 heavy (non-hydrogen) atoms. The number of anilines is 1. The lowest BCUT2D eigenvalue weighted by atomic mass is 9.98. The van der Waals surface area contributed by atoms with Gasteiger partial charge < -0.3 is 9.88 Å². The predicted molar refractivity (Wildman–Crippen MR) is 70.4 cm³/mol. The molecule has 0 radical (unpaired) electrons. The molecule has 1 aliphatic heterocycles. The van der Waals surface area contributed by atoms with Crippen molar-refractivity contribution >= 4 is 11.6 Å². The van der Waals surface area contributed by atoms with E-state index >= 15 is 0 Å². The van der Waals surface area contributed by atoms with Gasteiger partial charge in [0.05, 0.1) is 18.2 Å². The van der Waals surface area contributed by atoms with E-state index in [0.29, 0.717) is 0 Å². The van der Waals surface area contributed by atoms with E-state index in [4.69, 9.17) is 0 Å². The molecule has 0 saturated heterocycles. The van der Waals surface area contributed by atoms with Gasteiger partial charge in [-0.05, 0) is 36.1 Å². The smallest absolute Gasteiger partial charge is 0.223 e. The van der Waals surface area contributed by atoms with Gasteiger partial charge in [-0.25, -0.2) is 4.98 Å². The third-order valence-electron chi connectivity index (χ3n) is 3.39. The van der Waals surface area contributed by atoms with Crippen molar-refractivity contribution in [3.63, 3.8) is 0 Å². The van der Waals surface area contributed by atoms with Crippen LogP contribution in [0.5, 0.6) is 0 Å². The van der Waals surface area contributed by atoms with Crippen LogP contribution in [-0.4, -0.2) is 22.4 Å². The number of aromatic amines is 1. The summed E-state index contributed by atoms with van der Waals surface area (Å²) in [5.74, 6) is 0.116. The van der Waals surface area contributed by atoms with E-state index in [1.165, 1.54) is 5.56 Å². The molecule has 0 atom stereocenters. The van der Waals surface area contributed by atoms with Crippen LogP contribution in [0.3, 0.4) is 0 Å². The predicted octanol–water partition coefficient (Wildman–Crippen LogP) is 2.38. The molecule has 92 valence electrons. The van der Waals surface area contributed by atoms with E-state index in [2.05, 4.69) is 16.0 Å². The first-order valence-corrected chi connectivity index (χ1v) is 6.15. The second-order valence-corrected chi connectivity index (χ2v) is 4.58. The molecular weight excluding hydrogens is 226 g/mol. The highest BCUT2D eigenvalue weighted by atomic mass is 16.2. The molecule has 0 spiro atoms. The van der Waals surface area contributed by atoms with Crippen LogP contribution in [0.15, 0.2) is 30.7 Å². The van der Waals surface area contributed by atoms with E-state index in [1.807, 2.05) is 23.2 Å². The maximum atomic E-state index is 11.6. The van der Waals surface area contributed by atoms with Gasteiger partial charge in [-0.3, -0.25) is 4.79 Å². The van der Waals surface area contributed by atoms with Crippen LogP contribution in [0, 0.1) is 0 Å². The number of nitrogens with zero attached hydrogens (tertiary/aromatic N) is 2. The lowest BCUT2D eigenvalue weighted by Crippen LogP contribution is -2.33. The Morgan fingerprint density at radius 2 is 2.33 bits per heavy atom. The summed E-state index contributed by atoms with van der Waals surface area (Å²) in [6.07, 6.45) is 5.55. The SMILES string of the molecule is CC(=O)N1CCCc2cc(-c3cnc[nH]3)ccc21. The number of amides is 1. The van der Waals surface area contributed by atoms with Crippen molar-refractivity contribution in [2.45, 2.75) is 19.8 Å². The van der Waals surface area contributed by atoms with E-state index in [1.54, 1.807) is 13.3 Å². The summed E-state index contributed by atoms with van der Waals surface area (Å²) in [7, 11) is 0. The molecule has 2 heterocycles. The van der Waals surface area contributed by atoms with Crippen LogP contribution < -0.4 is 4.90 Å². The Balaban J connectivity index is 2.03. The van der Waals surface area contributed by atoms with Crippen molar-refractivity contribution in [1.82, 2.24) is 9.97 Å². The maximum Gasteiger partial charge on any atom is 0.223 e. The summed E-state index contributed by atoms with van der Waals surface area (Å²) in [6, 6.07) is 6.22. The summed E-state index contributed by atoms with van der Waals surface area (Å²) >= 11 is 0. The van der Waals surface area contributed by atoms with Crippen molar-refractivity contribution in [2.24, 2.45) is 0 Å². The molecular formula is C14H15N3O. The number of benzene rings is 1. The highest BCUT2D eigenvalue weighted by molar-refractivity contribution is 5.93. The van der Waals surface area contributed by atoms with Crippen LogP contribution >= 0.6 is 0 Å². The molecule has 4 heteroatoms. The molecule has 2 aromatic rings. The zero-order valence-electron chi connectivity index (χ0n) is 10.3. The Morgan fingerprint density at radius 3 is 3.06 bits per heavy atom. The number of carbonyl (C=O) groups is 1. The summed E-state index contributed by atoms with van der Waals surface area (Å²) in [4.78, 5) is 20.6. The minimum absolute atomic E-state index is 0.116. The number of hydrogen-bond donors (Lipinski definition) is 1. The fraction of sp³-hybridized carbons (Fsp3) is 0.286. The lowest BCUT2D eigenvalue weighted by Gasteiger charge is -2.28. The van der Waals surface area contributed by atoms with Crippen molar-refractivity contribution in [1.29, 1.82) is 0 Å². The van der Waals surface area contributed by atoms with E-state index in [-0.39, 0.29) is 5.91 Å².